The van der Waals surface area contributed by atoms with Crippen LogP contribution in [0.1, 0.15) is 13.3 Å². The number of alkyl halides is 3. The van der Waals surface area contributed by atoms with Crippen molar-refractivity contribution in [2.45, 2.75) is 25.6 Å². The molecule has 0 radical (unpaired) electrons. The van der Waals surface area contributed by atoms with E-state index in [0.29, 0.717) is 0 Å². The Kier molecular flexibility index (Phi) is 6.48. The third kappa shape index (κ3) is 5.36. The zero-order chi connectivity index (χ0) is 13.6. The maximum Gasteiger partial charge on any atom is 0.404 e. The molecule has 2 unspecified atom stereocenters. The summed E-state index contributed by atoms with van der Waals surface area (Å²) in [5.74, 6) is -0.766. The Labute approximate surface area is 99.3 Å². The van der Waals surface area contributed by atoms with Crippen molar-refractivity contribution < 1.29 is 18.0 Å². The molecule has 0 aromatic rings. The highest BCUT2D eigenvalue weighted by atomic mass is 19.4. The van der Waals surface area contributed by atoms with Gasteiger partial charge in [-0.05, 0) is 20.0 Å². The van der Waals surface area contributed by atoms with Gasteiger partial charge < -0.3 is 11.1 Å². The summed E-state index contributed by atoms with van der Waals surface area (Å²) in [4.78, 5) is 12.4. The molecule has 2 atom stereocenters. The lowest BCUT2D eigenvalue weighted by atomic mass is 10.1. The molecule has 3 N–H and O–H groups in total. The van der Waals surface area contributed by atoms with Gasteiger partial charge in [-0.3, -0.25) is 9.69 Å². The van der Waals surface area contributed by atoms with Gasteiger partial charge in [-0.2, -0.15) is 13.2 Å². The van der Waals surface area contributed by atoms with Crippen LogP contribution in [0.2, 0.25) is 0 Å². The molecule has 0 aromatic heterocycles. The van der Waals surface area contributed by atoms with Gasteiger partial charge in [-0.15, -0.1) is 0 Å². The summed E-state index contributed by atoms with van der Waals surface area (Å²) in [5, 5.41) is 2.41. The SMILES string of the molecule is CNC(=O)C(C)CN(C)C(CCN)C(F)(F)F. The second-order valence-corrected chi connectivity index (χ2v) is 4.09. The second kappa shape index (κ2) is 6.80. The number of hydrogen-bond acceptors (Lipinski definition) is 3. The van der Waals surface area contributed by atoms with Crippen molar-refractivity contribution in [3.8, 4) is 0 Å². The molecule has 0 heterocycles. The molecule has 0 fully saturated rings. The maximum atomic E-state index is 12.7. The molecular weight excluding hydrogens is 235 g/mol. The van der Waals surface area contributed by atoms with Crippen molar-refractivity contribution in [3.63, 3.8) is 0 Å². The van der Waals surface area contributed by atoms with Gasteiger partial charge in [0, 0.05) is 19.5 Å². The minimum atomic E-state index is -4.32. The van der Waals surface area contributed by atoms with E-state index in [9.17, 15) is 18.0 Å². The molecule has 0 aromatic carbocycles. The van der Waals surface area contributed by atoms with Crippen LogP contribution < -0.4 is 11.1 Å². The van der Waals surface area contributed by atoms with E-state index < -0.39 is 18.1 Å². The summed E-state index contributed by atoms with van der Waals surface area (Å²) in [6.45, 7) is 1.60. The molecule has 0 saturated carbocycles. The molecule has 7 heteroatoms. The number of halogens is 3. The third-order valence-corrected chi connectivity index (χ3v) is 2.61. The normalized spacial score (nSPS) is 15.8. The highest BCUT2D eigenvalue weighted by Gasteiger charge is 2.41. The number of rotatable bonds is 6. The number of amides is 1. The van der Waals surface area contributed by atoms with Gasteiger partial charge in [0.05, 0.1) is 0 Å². The summed E-state index contributed by atoms with van der Waals surface area (Å²) < 4.78 is 38.1. The lowest BCUT2D eigenvalue weighted by molar-refractivity contribution is -0.183. The zero-order valence-corrected chi connectivity index (χ0v) is 10.3. The van der Waals surface area contributed by atoms with E-state index in [1.165, 1.54) is 14.1 Å². The first-order valence-electron chi connectivity index (χ1n) is 5.42. The van der Waals surface area contributed by atoms with E-state index in [1.54, 1.807) is 6.92 Å². The van der Waals surface area contributed by atoms with Gasteiger partial charge in [-0.1, -0.05) is 6.92 Å². The van der Waals surface area contributed by atoms with E-state index in [2.05, 4.69) is 5.32 Å². The highest BCUT2D eigenvalue weighted by Crippen LogP contribution is 2.26. The molecule has 0 aliphatic carbocycles. The second-order valence-electron chi connectivity index (χ2n) is 4.09. The summed E-state index contributed by atoms with van der Waals surface area (Å²) in [6.07, 6.45) is -4.49. The van der Waals surface area contributed by atoms with Gasteiger partial charge in [0.15, 0.2) is 0 Å². The summed E-state index contributed by atoms with van der Waals surface area (Å²) >= 11 is 0. The molecule has 0 aliphatic heterocycles. The molecular formula is C10H20F3N3O. The van der Waals surface area contributed by atoms with Gasteiger partial charge >= 0.3 is 6.18 Å². The van der Waals surface area contributed by atoms with Crippen molar-refractivity contribution >= 4 is 5.91 Å². The van der Waals surface area contributed by atoms with Crippen LogP contribution in [0.4, 0.5) is 13.2 Å². The largest absolute Gasteiger partial charge is 0.404 e. The number of nitrogens with two attached hydrogens (primary N) is 1. The quantitative estimate of drug-likeness (QED) is 0.730. The molecule has 4 nitrogen and oxygen atoms in total. The van der Waals surface area contributed by atoms with E-state index in [4.69, 9.17) is 5.73 Å². The third-order valence-electron chi connectivity index (χ3n) is 2.61. The Balaban J connectivity index is 4.53. The van der Waals surface area contributed by atoms with Gasteiger partial charge in [0.2, 0.25) is 5.91 Å². The number of carbonyl (C=O) groups excluding carboxylic acids is 1. The van der Waals surface area contributed by atoms with Crippen LogP contribution in [0.3, 0.4) is 0 Å². The van der Waals surface area contributed by atoms with Crippen molar-refractivity contribution in [2.75, 3.05) is 27.2 Å². The fourth-order valence-electron chi connectivity index (χ4n) is 1.68. The first kappa shape index (κ1) is 16.2. The summed E-state index contributed by atoms with van der Waals surface area (Å²) in [7, 11) is 2.81. The van der Waals surface area contributed by atoms with Gasteiger partial charge in [0.25, 0.3) is 0 Å². The average molecular weight is 255 g/mol. The van der Waals surface area contributed by atoms with E-state index in [-0.39, 0.29) is 25.4 Å². The van der Waals surface area contributed by atoms with Crippen molar-refractivity contribution in [1.82, 2.24) is 10.2 Å². The van der Waals surface area contributed by atoms with Crippen LogP contribution in [0.5, 0.6) is 0 Å². The average Bonchev–Trinajstić information content (AvgIpc) is 2.22. The molecule has 1 amide bonds. The predicted octanol–water partition coefficient (Wildman–Crippen LogP) is 0.580. The topological polar surface area (TPSA) is 58.4 Å². The number of carbonyl (C=O) groups is 1. The van der Waals surface area contributed by atoms with Crippen molar-refractivity contribution in [3.05, 3.63) is 0 Å². The monoisotopic (exact) mass is 255 g/mol. The standard InChI is InChI=1S/C10H20F3N3O/c1-7(9(17)15-2)6-16(3)8(4-5-14)10(11,12)13/h7-8H,4-6,14H2,1-3H3,(H,15,17). The van der Waals surface area contributed by atoms with Crippen LogP contribution in [0.25, 0.3) is 0 Å². The van der Waals surface area contributed by atoms with E-state index in [1.807, 2.05) is 0 Å². The molecule has 0 saturated heterocycles. The van der Waals surface area contributed by atoms with E-state index in [0.717, 1.165) is 4.90 Å². The van der Waals surface area contributed by atoms with E-state index >= 15 is 0 Å². The highest BCUT2D eigenvalue weighted by molar-refractivity contribution is 5.78. The minimum Gasteiger partial charge on any atom is -0.359 e. The van der Waals surface area contributed by atoms with Gasteiger partial charge in [-0.25, -0.2) is 0 Å². The molecule has 0 rings (SSSR count). The van der Waals surface area contributed by atoms with Crippen LogP contribution >= 0.6 is 0 Å². The first-order valence-corrected chi connectivity index (χ1v) is 5.42. The Bertz CT molecular complexity index is 245. The lowest BCUT2D eigenvalue weighted by Gasteiger charge is -2.31. The smallest absolute Gasteiger partial charge is 0.359 e. The maximum absolute atomic E-state index is 12.7. The van der Waals surface area contributed by atoms with Crippen molar-refractivity contribution in [1.29, 1.82) is 0 Å². The Morgan fingerprint density at radius 1 is 1.47 bits per heavy atom. The fourth-order valence-corrected chi connectivity index (χ4v) is 1.68. The van der Waals surface area contributed by atoms with Gasteiger partial charge in [0.1, 0.15) is 6.04 Å². The first-order chi connectivity index (χ1) is 7.73. The molecule has 17 heavy (non-hydrogen) atoms. The number of nitrogens with zero attached hydrogens (tertiary/aromatic N) is 1. The predicted molar refractivity (Wildman–Crippen MR) is 59.4 cm³/mol. The number of hydrogen-bond donors (Lipinski definition) is 2. The summed E-state index contributed by atoms with van der Waals surface area (Å²) in [6, 6.07) is -1.60. The zero-order valence-electron chi connectivity index (χ0n) is 10.3. The number of nitrogens with one attached hydrogen (secondary N) is 1. The fraction of sp³-hybridized carbons (Fsp3) is 0.900. The van der Waals surface area contributed by atoms with Crippen LogP contribution in [-0.2, 0) is 4.79 Å². The summed E-state index contributed by atoms with van der Waals surface area (Å²) in [5.41, 5.74) is 5.17. The minimum absolute atomic E-state index is 0.0388. The Hall–Kier alpha value is -0.820. The van der Waals surface area contributed by atoms with Crippen LogP contribution in [-0.4, -0.2) is 50.2 Å². The Morgan fingerprint density at radius 2 is 2.00 bits per heavy atom. The molecule has 102 valence electrons. The lowest BCUT2D eigenvalue weighted by Crippen LogP contribution is -2.47. The van der Waals surface area contributed by atoms with Crippen molar-refractivity contribution in [2.24, 2.45) is 11.7 Å². The molecule has 0 bridgehead atoms. The van der Waals surface area contributed by atoms with Crippen LogP contribution in [0, 0.1) is 5.92 Å². The molecule has 0 aliphatic rings. The Morgan fingerprint density at radius 3 is 2.35 bits per heavy atom. The van der Waals surface area contributed by atoms with Crippen LogP contribution in [0.15, 0.2) is 0 Å². The molecule has 0 spiro atoms.